The number of rotatable bonds is 8. The number of hydrogen-bond acceptors (Lipinski definition) is 3. The quantitative estimate of drug-likeness (QED) is 0.706. The van der Waals surface area contributed by atoms with Gasteiger partial charge in [0.2, 0.25) is 5.91 Å². The lowest BCUT2D eigenvalue weighted by molar-refractivity contribution is -0.137. The Balaban J connectivity index is 4.60. The smallest absolute Gasteiger partial charge is 0.242 e. The van der Waals surface area contributed by atoms with Gasteiger partial charge in [0.15, 0.2) is 0 Å². The predicted molar refractivity (Wildman–Crippen MR) is 70.8 cm³/mol. The second kappa shape index (κ2) is 7.67. The molecule has 0 aliphatic rings. The minimum atomic E-state index is -0.753. The highest BCUT2D eigenvalue weighted by Gasteiger charge is 2.31. The Morgan fingerprint density at radius 1 is 1.47 bits per heavy atom. The predicted octanol–water partition coefficient (Wildman–Crippen LogP) is 1.63. The molecule has 0 bridgehead atoms. The van der Waals surface area contributed by atoms with Gasteiger partial charge in [-0.25, -0.2) is 0 Å². The number of amides is 1. The summed E-state index contributed by atoms with van der Waals surface area (Å²) in [6, 6.07) is 0. The zero-order valence-electron chi connectivity index (χ0n) is 12.0. The first-order chi connectivity index (χ1) is 7.85. The molecule has 0 spiro atoms. The lowest BCUT2D eigenvalue weighted by Gasteiger charge is -2.32. The summed E-state index contributed by atoms with van der Waals surface area (Å²) in [6.45, 7) is 9.96. The van der Waals surface area contributed by atoms with E-state index < -0.39 is 5.54 Å². The first-order valence-corrected chi connectivity index (χ1v) is 6.42. The van der Waals surface area contributed by atoms with Crippen molar-refractivity contribution in [3.63, 3.8) is 0 Å². The van der Waals surface area contributed by atoms with Gasteiger partial charge in [-0.3, -0.25) is 4.79 Å². The molecule has 0 heterocycles. The van der Waals surface area contributed by atoms with Crippen LogP contribution in [-0.2, 0) is 9.53 Å². The molecule has 4 heteroatoms. The second-order valence-electron chi connectivity index (χ2n) is 5.31. The van der Waals surface area contributed by atoms with Crippen molar-refractivity contribution in [3.05, 3.63) is 0 Å². The lowest BCUT2D eigenvalue weighted by atomic mass is 9.95. The number of carbonyl (C=O) groups excluding carboxylic acids is 1. The van der Waals surface area contributed by atoms with Crippen LogP contribution < -0.4 is 5.73 Å². The van der Waals surface area contributed by atoms with Crippen LogP contribution in [0.2, 0.25) is 0 Å². The van der Waals surface area contributed by atoms with E-state index in [1.54, 1.807) is 7.11 Å². The molecule has 1 unspecified atom stereocenters. The average Bonchev–Trinajstić information content (AvgIpc) is 2.22. The largest absolute Gasteiger partial charge is 0.383 e. The van der Waals surface area contributed by atoms with Crippen LogP contribution in [0.3, 0.4) is 0 Å². The summed E-state index contributed by atoms with van der Waals surface area (Å²) in [5.41, 5.74) is 5.33. The third-order valence-electron chi connectivity index (χ3n) is 2.70. The fourth-order valence-electron chi connectivity index (χ4n) is 1.91. The molecule has 0 radical (unpaired) electrons. The Morgan fingerprint density at radius 2 is 2.06 bits per heavy atom. The average molecular weight is 244 g/mol. The molecule has 102 valence electrons. The summed E-state index contributed by atoms with van der Waals surface area (Å²) in [7, 11) is 1.64. The van der Waals surface area contributed by atoms with Crippen molar-refractivity contribution in [2.24, 2.45) is 11.7 Å². The van der Waals surface area contributed by atoms with Gasteiger partial charge < -0.3 is 15.4 Å². The van der Waals surface area contributed by atoms with Gasteiger partial charge in [-0.2, -0.15) is 0 Å². The number of hydrogen-bond donors (Lipinski definition) is 1. The van der Waals surface area contributed by atoms with Gasteiger partial charge in [-0.1, -0.05) is 27.2 Å². The number of nitrogens with two attached hydrogens (primary N) is 1. The summed E-state index contributed by atoms with van der Waals surface area (Å²) < 4.78 is 5.04. The number of nitrogens with zero attached hydrogens (tertiary/aromatic N) is 1. The van der Waals surface area contributed by atoms with E-state index in [1.807, 2.05) is 18.7 Å². The molecular weight excluding hydrogens is 216 g/mol. The molecule has 0 aromatic carbocycles. The molecular formula is C13H28N2O2. The molecule has 0 aliphatic heterocycles. The summed E-state index contributed by atoms with van der Waals surface area (Å²) in [5.74, 6) is 0.471. The maximum absolute atomic E-state index is 12.3. The summed E-state index contributed by atoms with van der Waals surface area (Å²) >= 11 is 0. The summed E-state index contributed by atoms with van der Waals surface area (Å²) in [4.78, 5) is 14.2. The first-order valence-electron chi connectivity index (χ1n) is 6.42. The molecule has 17 heavy (non-hydrogen) atoms. The highest BCUT2D eigenvalue weighted by molar-refractivity contribution is 5.85. The fourth-order valence-corrected chi connectivity index (χ4v) is 1.91. The molecule has 0 aromatic heterocycles. The van der Waals surface area contributed by atoms with Crippen molar-refractivity contribution >= 4 is 5.91 Å². The van der Waals surface area contributed by atoms with E-state index in [9.17, 15) is 4.79 Å². The minimum Gasteiger partial charge on any atom is -0.383 e. The van der Waals surface area contributed by atoms with Gasteiger partial charge in [0.1, 0.15) is 0 Å². The van der Waals surface area contributed by atoms with Gasteiger partial charge >= 0.3 is 0 Å². The lowest BCUT2D eigenvalue weighted by Crippen LogP contribution is -2.54. The maximum Gasteiger partial charge on any atom is 0.242 e. The zero-order chi connectivity index (χ0) is 13.5. The third kappa shape index (κ3) is 6.03. The van der Waals surface area contributed by atoms with Crippen molar-refractivity contribution in [3.8, 4) is 0 Å². The van der Waals surface area contributed by atoms with Crippen molar-refractivity contribution < 1.29 is 9.53 Å². The SMILES string of the molecule is CCCC(C)(N)C(=O)N(CCOC)CC(C)C. The van der Waals surface area contributed by atoms with E-state index in [-0.39, 0.29) is 5.91 Å². The monoisotopic (exact) mass is 244 g/mol. The molecule has 0 saturated heterocycles. The van der Waals surface area contributed by atoms with E-state index in [4.69, 9.17) is 10.5 Å². The normalized spacial score (nSPS) is 14.8. The molecule has 0 aliphatic carbocycles. The van der Waals surface area contributed by atoms with Crippen LogP contribution in [0.15, 0.2) is 0 Å². The molecule has 0 aromatic rings. The van der Waals surface area contributed by atoms with Crippen LogP contribution in [0.1, 0.15) is 40.5 Å². The number of methoxy groups -OCH3 is 1. The molecule has 0 rings (SSSR count). The van der Waals surface area contributed by atoms with Crippen molar-refractivity contribution in [1.29, 1.82) is 0 Å². The Morgan fingerprint density at radius 3 is 2.47 bits per heavy atom. The highest BCUT2D eigenvalue weighted by atomic mass is 16.5. The van der Waals surface area contributed by atoms with E-state index >= 15 is 0 Å². The van der Waals surface area contributed by atoms with E-state index in [2.05, 4.69) is 13.8 Å². The van der Waals surface area contributed by atoms with Crippen LogP contribution >= 0.6 is 0 Å². The number of carbonyl (C=O) groups is 1. The fraction of sp³-hybridized carbons (Fsp3) is 0.923. The van der Waals surface area contributed by atoms with Gasteiger partial charge in [-0.05, 0) is 19.3 Å². The Bertz CT molecular complexity index is 227. The van der Waals surface area contributed by atoms with Gasteiger partial charge in [0.05, 0.1) is 12.1 Å². The third-order valence-corrected chi connectivity index (χ3v) is 2.70. The molecule has 1 amide bonds. The van der Waals surface area contributed by atoms with Gasteiger partial charge in [0.25, 0.3) is 0 Å². The molecule has 0 saturated carbocycles. The van der Waals surface area contributed by atoms with Crippen LogP contribution in [-0.4, -0.2) is 43.2 Å². The molecule has 4 nitrogen and oxygen atoms in total. The Labute approximate surface area is 105 Å². The van der Waals surface area contributed by atoms with E-state index in [1.165, 1.54) is 0 Å². The molecule has 2 N–H and O–H groups in total. The van der Waals surface area contributed by atoms with Crippen molar-refractivity contribution in [2.75, 3.05) is 26.8 Å². The van der Waals surface area contributed by atoms with Crippen LogP contribution in [0.5, 0.6) is 0 Å². The molecule has 1 atom stereocenters. The summed E-state index contributed by atoms with van der Waals surface area (Å²) in [5, 5.41) is 0. The van der Waals surface area contributed by atoms with E-state index in [0.717, 1.165) is 13.0 Å². The number of ether oxygens (including phenoxy) is 1. The van der Waals surface area contributed by atoms with E-state index in [0.29, 0.717) is 25.5 Å². The maximum atomic E-state index is 12.3. The standard InChI is InChI=1S/C13H28N2O2/c1-6-7-13(4,14)12(16)15(8-9-17-5)10-11(2)3/h11H,6-10,14H2,1-5H3. The van der Waals surface area contributed by atoms with Crippen LogP contribution in [0, 0.1) is 5.92 Å². The van der Waals surface area contributed by atoms with Crippen molar-refractivity contribution in [1.82, 2.24) is 4.90 Å². The first kappa shape index (κ1) is 16.4. The molecule has 0 fully saturated rings. The topological polar surface area (TPSA) is 55.6 Å². The minimum absolute atomic E-state index is 0.0325. The second-order valence-corrected chi connectivity index (χ2v) is 5.31. The highest BCUT2D eigenvalue weighted by Crippen LogP contribution is 2.14. The Kier molecular flexibility index (Phi) is 7.39. The summed E-state index contributed by atoms with van der Waals surface area (Å²) in [6.07, 6.45) is 1.63. The van der Waals surface area contributed by atoms with Gasteiger partial charge in [-0.15, -0.1) is 0 Å². The van der Waals surface area contributed by atoms with Crippen LogP contribution in [0.4, 0.5) is 0 Å². The van der Waals surface area contributed by atoms with Crippen LogP contribution in [0.25, 0.3) is 0 Å². The van der Waals surface area contributed by atoms with Gasteiger partial charge in [0, 0.05) is 20.2 Å². The Hall–Kier alpha value is -0.610. The van der Waals surface area contributed by atoms with Crippen molar-refractivity contribution in [2.45, 2.75) is 46.1 Å². The zero-order valence-corrected chi connectivity index (χ0v) is 12.0.